The minimum absolute atomic E-state index is 0.139. The molecule has 0 atom stereocenters. The van der Waals surface area contributed by atoms with Crippen LogP contribution in [0.2, 0.25) is 5.28 Å². The van der Waals surface area contributed by atoms with Crippen LogP contribution in [0, 0.1) is 0 Å². The molecule has 1 fully saturated rings. The highest BCUT2D eigenvalue weighted by molar-refractivity contribution is 6.28. The van der Waals surface area contributed by atoms with Crippen LogP contribution in [-0.2, 0) is 5.54 Å². The van der Waals surface area contributed by atoms with E-state index in [2.05, 4.69) is 35.5 Å². The van der Waals surface area contributed by atoms with Gasteiger partial charge in [0.2, 0.25) is 5.28 Å². The van der Waals surface area contributed by atoms with Gasteiger partial charge in [-0.05, 0) is 31.4 Å². The molecule has 0 amide bonds. The van der Waals surface area contributed by atoms with Crippen molar-refractivity contribution in [3.8, 4) is 0 Å². The largest absolute Gasteiger partial charge is 0.296 e. The quantitative estimate of drug-likeness (QED) is 0.776. The maximum absolute atomic E-state index is 6.15. The molecule has 4 heteroatoms. The Morgan fingerprint density at radius 1 is 1.27 bits per heavy atom. The third kappa shape index (κ3) is 1.78. The molecule has 15 heavy (non-hydrogen) atoms. The van der Waals surface area contributed by atoms with E-state index in [0.717, 1.165) is 5.82 Å². The fraction of sp³-hybridized carbons (Fsp3) is 0.818. The summed E-state index contributed by atoms with van der Waals surface area (Å²) in [7, 11) is 0. The molecule has 1 aliphatic carbocycles. The van der Waals surface area contributed by atoms with Gasteiger partial charge in [0, 0.05) is 11.5 Å². The maximum atomic E-state index is 6.15. The van der Waals surface area contributed by atoms with Gasteiger partial charge < -0.3 is 0 Å². The highest BCUT2D eigenvalue weighted by Gasteiger charge is 2.35. The van der Waals surface area contributed by atoms with Crippen molar-refractivity contribution in [1.29, 1.82) is 0 Å². The molecule has 0 unspecified atom stereocenters. The van der Waals surface area contributed by atoms with Crippen LogP contribution in [0.3, 0.4) is 0 Å². The first-order valence-corrected chi connectivity index (χ1v) is 6.04. The lowest BCUT2D eigenvalue weighted by atomic mass is 9.99. The molecular formula is C11H18ClN3. The number of halogens is 1. The van der Waals surface area contributed by atoms with Gasteiger partial charge in [-0.1, -0.05) is 26.7 Å². The van der Waals surface area contributed by atoms with E-state index >= 15 is 0 Å². The van der Waals surface area contributed by atoms with E-state index in [4.69, 9.17) is 11.6 Å². The molecule has 0 aromatic carbocycles. The van der Waals surface area contributed by atoms with Crippen LogP contribution in [0.4, 0.5) is 0 Å². The minimum Gasteiger partial charge on any atom is -0.296 e. The summed E-state index contributed by atoms with van der Waals surface area (Å²) in [5.41, 5.74) is 0.139. The fourth-order valence-corrected chi connectivity index (χ4v) is 2.84. The van der Waals surface area contributed by atoms with Crippen LogP contribution in [0.25, 0.3) is 0 Å². The lowest BCUT2D eigenvalue weighted by molar-refractivity contribution is 0.314. The van der Waals surface area contributed by atoms with Gasteiger partial charge in [-0.3, -0.25) is 4.57 Å². The zero-order valence-corrected chi connectivity index (χ0v) is 10.4. The van der Waals surface area contributed by atoms with Crippen LogP contribution in [0.15, 0.2) is 0 Å². The van der Waals surface area contributed by atoms with Gasteiger partial charge in [-0.25, -0.2) is 0 Å². The second kappa shape index (κ2) is 3.78. The van der Waals surface area contributed by atoms with Crippen LogP contribution in [-0.4, -0.2) is 14.8 Å². The van der Waals surface area contributed by atoms with Gasteiger partial charge in [0.25, 0.3) is 0 Å². The van der Waals surface area contributed by atoms with Crippen molar-refractivity contribution in [3.05, 3.63) is 11.1 Å². The highest BCUT2D eigenvalue weighted by atomic mass is 35.5. The molecular weight excluding hydrogens is 210 g/mol. The van der Waals surface area contributed by atoms with Crippen molar-refractivity contribution >= 4 is 11.6 Å². The summed E-state index contributed by atoms with van der Waals surface area (Å²) in [6, 6.07) is 0. The maximum Gasteiger partial charge on any atom is 0.225 e. The molecule has 0 radical (unpaired) electrons. The molecule has 1 saturated carbocycles. The highest BCUT2D eigenvalue weighted by Crippen LogP contribution is 2.39. The zero-order chi connectivity index (χ0) is 11.1. The Hall–Kier alpha value is -0.570. The Bertz CT molecular complexity index is 351. The van der Waals surface area contributed by atoms with Crippen molar-refractivity contribution in [3.63, 3.8) is 0 Å². The van der Waals surface area contributed by atoms with Gasteiger partial charge in [-0.15, -0.1) is 10.2 Å². The molecule has 84 valence electrons. The Morgan fingerprint density at radius 3 is 2.40 bits per heavy atom. The topological polar surface area (TPSA) is 30.7 Å². The average Bonchev–Trinajstić information content (AvgIpc) is 2.72. The van der Waals surface area contributed by atoms with E-state index in [9.17, 15) is 0 Å². The Morgan fingerprint density at radius 2 is 1.87 bits per heavy atom. The summed E-state index contributed by atoms with van der Waals surface area (Å²) < 4.78 is 2.15. The second-order valence-electron chi connectivity index (χ2n) is 5.02. The van der Waals surface area contributed by atoms with Gasteiger partial charge in [0.15, 0.2) is 0 Å². The molecule has 0 bridgehead atoms. The van der Waals surface area contributed by atoms with Gasteiger partial charge in [0.05, 0.1) is 0 Å². The summed E-state index contributed by atoms with van der Waals surface area (Å²) in [6.07, 6.45) is 4.93. The summed E-state index contributed by atoms with van der Waals surface area (Å²) in [4.78, 5) is 0. The van der Waals surface area contributed by atoms with E-state index in [1.54, 1.807) is 0 Å². The van der Waals surface area contributed by atoms with E-state index < -0.39 is 0 Å². The monoisotopic (exact) mass is 227 g/mol. The first-order valence-electron chi connectivity index (χ1n) is 5.66. The van der Waals surface area contributed by atoms with Crippen LogP contribution < -0.4 is 0 Å². The molecule has 2 rings (SSSR count). The lowest BCUT2D eigenvalue weighted by Crippen LogP contribution is -2.28. The fourth-order valence-electron chi connectivity index (χ4n) is 2.51. The normalized spacial score (nSPS) is 20.1. The summed E-state index contributed by atoms with van der Waals surface area (Å²) in [5, 5.41) is 8.74. The number of nitrogens with zero attached hydrogens (tertiary/aromatic N) is 3. The lowest BCUT2D eigenvalue weighted by Gasteiger charge is -2.28. The third-order valence-corrected chi connectivity index (χ3v) is 3.63. The first-order chi connectivity index (χ1) is 7.04. The summed E-state index contributed by atoms with van der Waals surface area (Å²) >= 11 is 6.15. The standard InChI is InChI=1S/C11H18ClN3/c1-8(2)9-13-14-10(12)15(9)11(3)6-4-5-7-11/h8H,4-7H2,1-3H3. The SMILES string of the molecule is CC(C)c1nnc(Cl)n1C1(C)CCCC1. The van der Waals surface area contributed by atoms with Crippen LogP contribution in [0.1, 0.15) is 58.2 Å². The predicted octanol–water partition coefficient (Wildman–Crippen LogP) is 3.34. The van der Waals surface area contributed by atoms with Crippen molar-refractivity contribution in [2.75, 3.05) is 0 Å². The average molecular weight is 228 g/mol. The minimum atomic E-state index is 0.139. The zero-order valence-electron chi connectivity index (χ0n) is 9.63. The number of rotatable bonds is 2. The Balaban J connectivity index is 2.45. The van der Waals surface area contributed by atoms with E-state index in [1.807, 2.05) is 0 Å². The summed E-state index contributed by atoms with van der Waals surface area (Å²) in [6.45, 7) is 6.53. The van der Waals surface area contributed by atoms with Crippen molar-refractivity contribution in [2.24, 2.45) is 0 Å². The predicted molar refractivity (Wildman–Crippen MR) is 61.2 cm³/mol. The molecule has 0 aliphatic heterocycles. The van der Waals surface area contributed by atoms with E-state index in [0.29, 0.717) is 11.2 Å². The Labute approximate surface area is 95.8 Å². The molecule has 1 aromatic heterocycles. The van der Waals surface area contributed by atoms with Gasteiger partial charge >= 0.3 is 0 Å². The molecule has 0 saturated heterocycles. The number of hydrogen-bond acceptors (Lipinski definition) is 2. The van der Waals surface area contributed by atoms with Crippen LogP contribution >= 0.6 is 11.6 Å². The third-order valence-electron chi connectivity index (χ3n) is 3.39. The van der Waals surface area contributed by atoms with Crippen LogP contribution in [0.5, 0.6) is 0 Å². The molecule has 1 aromatic rings. The Kier molecular flexibility index (Phi) is 2.75. The van der Waals surface area contributed by atoms with Gasteiger partial charge in [-0.2, -0.15) is 0 Å². The molecule has 1 aliphatic rings. The number of hydrogen-bond donors (Lipinski definition) is 0. The molecule has 0 spiro atoms. The summed E-state index contributed by atoms with van der Waals surface area (Å²) in [5.74, 6) is 1.40. The second-order valence-corrected chi connectivity index (χ2v) is 5.36. The van der Waals surface area contributed by atoms with Crippen molar-refractivity contribution in [1.82, 2.24) is 14.8 Å². The molecule has 3 nitrogen and oxygen atoms in total. The molecule has 1 heterocycles. The van der Waals surface area contributed by atoms with E-state index in [-0.39, 0.29) is 5.54 Å². The van der Waals surface area contributed by atoms with Crippen molar-refractivity contribution in [2.45, 2.75) is 57.9 Å². The smallest absolute Gasteiger partial charge is 0.225 e. The first kappa shape index (κ1) is 10.9. The van der Waals surface area contributed by atoms with Crippen molar-refractivity contribution < 1.29 is 0 Å². The van der Waals surface area contributed by atoms with Gasteiger partial charge in [0.1, 0.15) is 5.82 Å². The molecule has 0 N–H and O–H groups in total. The van der Waals surface area contributed by atoms with E-state index in [1.165, 1.54) is 25.7 Å². The number of aromatic nitrogens is 3.